The monoisotopic (exact) mass is 281 g/mol. The molecule has 1 saturated heterocycles. The lowest BCUT2D eigenvalue weighted by Gasteiger charge is -2.33. The summed E-state index contributed by atoms with van der Waals surface area (Å²) >= 11 is 0. The van der Waals surface area contributed by atoms with Gasteiger partial charge in [-0.15, -0.1) is 12.4 Å². The van der Waals surface area contributed by atoms with E-state index >= 15 is 0 Å². The van der Waals surface area contributed by atoms with Gasteiger partial charge in [-0.3, -0.25) is 0 Å². The van der Waals surface area contributed by atoms with Crippen LogP contribution in [0.1, 0.15) is 24.8 Å². The lowest BCUT2D eigenvalue weighted by Crippen LogP contribution is -2.28. The van der Waals surface area contributed by atoms with Gasteiger partial charge in [-0.05, 0) is 61.7 Å². The van der Waals surface area contributed by atoms with Crippen molar-refractivity contribution in [2.75, 3.05) is 20.2 Å². The van der Waals surface area contributed by atoms with Gasteiger partial charge in [0.15, 0.2) is 0 Å². The average molecular weight is 282 g/mol. The summed E-state index contributed by atoms with van der Waals surface area (Å²) < 4.78 is 5.48. The Hall–Kier alpha value is -0.730. The first kappa shape index (κ1) is 14.7. The minimum atomic E-state index is 0. The summed E-state index contributed by atoms with van der Waals surface area (Å²) in [6.07, 6.45) is 5.41. The number of rotatable bonds is 3. The molecule has 0 radical (unpaired) electrons. The van der Waals surface area contributed by atoms with Crippen LogP contribution in [0.3, 0.4) is 0 Å². The molecule has 0 spiro atoms. The number of nitrogens with one attached hydrogen (secondary N) is 1. The number of hydrogen-bond acceptors (Lipinski definition) is 2. The summed E-state index contributed by atoms with van der Waals surface area (Å²) in [5, 5.41) is 3.58. The molecular formula is C16H24ClNO. The first-order valence-corrected chi connectivity index (χ1v) is 7.21. The van der Waals surface area contributed by atoms with E-state index in [0.29, 0.717) is 0 Å². The van der Waals surface area contributed by atoms with Gasteiger partial charge in [0.2, 0.25) is 0 Å². The van der Waals surface area contributed by atoms with E-state index in [1.54, 1.807) is 7.11 Å². The standard InChI is InChI=1S/C16H23NO.ClH/c1-18-16-8-3-2-5-13(16)9-12-6-4-7-14-10-17-11-15(12)14;/h2-3,5,8,12,14-15,17H,4,6-7,9-11H2,1H3;1H. The van der Waals surface area contributed by atoms with Gasteiger partial charge in [0.1, 0.15) is 5.75 Å². The van der Waals surface area contributed by atoms with E-state index in [1.165, 1.54) is 44.3 Å². The molecule has 1 aromatic rings. The van der Waals surface area contributed by atoms with Gasteiger partial charge in [-0.2, -0.15) is 0 Å². The molecule has 0 amide bonds. The summed E-state index contributed by atoms with van der Waals surface area (Å²) in [5.74, 6) is 3.72. The van der Waals surface area contributed by atoms with E-state index < -0.39 is 0 Å². The molecule has 1 aliphatic carbocycles. The predicted molar refractivity (Wildman–Crippen MR) is 81.1 cm³/mol. The third-order valence-electron chi connectivity index (χ3n) is 4.82. The zero-order chi connectivity index (χ0) is 12.4. The second-order valence-corrected chi connectivity index (χ2v) is 5.79. The first-order chi connectivity index (χ1) is 8.88. The van der Waals surface area contributed by atoms with E-state index in [-0.39, 0.29) is 12.4 Å². The SMILES string of the molecule is COc1ccccc1CC1CCCC2CNCC21.Cl. The molecule has 1 aromatic carbocycles. The molecule has 0 aromatic heterocycles. The van der Waals surface area contributed by atoms with E-state index in [1.807, 2.05) is 0 Å². The number of para-hydroxylation sites is 1. The van der Waals surface area contributed by atoms with Crippen molar-refractivity contribution in [3.05, 3.63) is 29.8 Å². The molecular weight excluding hydrogens is 258 g/mol. The summed E-state index contributed by atoms with van der Waals surface area (Å²) in [7, 11) is 1.78. The summed E-state index contributed by atoms with van der Waals surface area (Å²) in [6, 6.07) is 8.50. The highest BCUT2D eigenvalue weighted by molar-refractivity contribution is 5.85. The Balaban J connectivity index is 0.00000133. The highest BCUT2D eigenvalue weighted by Crippen LogP contribution is 2.39. The Morgan fingerprint density at radius 3 is 2.89 bits per heavy atom. The Bertz CT molecular complexity index is 409. The number of methoxy groups -OCH3 is 1. The summed E-state index contributed by atoms with van der Waals surface area (Å²) in [4.78, 5) is 0. The van der Waals surface area contributed by atoms with Crippen molar-refractivity contribution in [1.29, 1.82) is 0 Å². The van der Waals surface area contributed by atoms with Crippen molar-refractivity contribution in [3.63, 3.8) is 0 Å². The summed E-state index contributed by atoms with van der Waals surface area (Å²) in [5.41, 5.74) is 1.39. The Morgan fingerprint density at radius 1 is 1.21 bits per heavy atom. The van der Waals surface area contributed by atoms with Crippen molar-refractivity contribution in [3.8, 4) is 5.75 Å². The van der Waals surface area contributed by atoms with Crippen molar-refractivity contribution in [2.45, 2.75) is 25.7 Å². The van der Waals surface area contributed by atoms with E-state index in [9.17, 15) is 0 Å². The van der Waals surface area contributed by atoms with Crippen LogP contribution >= 0.6 is 12.4 Å². The lowest BCUT2D eigenvalue weighted by molar-refractivity contribution is 0.197. The fraction of sp³-hybridized carbons (Fsp3) is 0.625. The lowest BCUT2D eigenvalue weighted by atomic mass is 9.71. The van der Waals surface area contributed by atoms with Crippen molar-refractivity contribution >= 4 is 12.4 Å². The molecule has 2 aliphatic rings. The molecule has 1 saturated carbocycles. The number of benzene rings is 1. The van der Waals surface area contributed by atoms with E-state index in [0.717, 1.165) is 23.5 Å². The maximum absolute atomic E-state index is 5.48. The van der Waals surface area contributed by atoms with Gasteiger partial charge in [0, 0.05) is 0 Å². The second-order valence-electron chi connectivity index (χ2n) is 5.79. The molecule has 1 aliphatic heterocycles. The molecule has 3 atom stereocenters. The van der Waals surface area contributed by atoms with Gasteiger partial charge in [0.05, 0.1) is 7.11 Å². The van der Waals surface area contributed by atoms with Crippen molar-refractivity contribution in [2.24, 2.45) is 17.8 Å². The first-order valence-electron chi connectivity index (χ1n) is 7.21. The van der Waals surface area contributed by atoms with E-state index in [2.05, 4.69) is 29.6 Å². The number of ether oxygens (including phenoxy) is 1. The van der Waals surface area contributed by atoms with E-state index in [4.69, 9.17) is 4.74 Å². The Kier molecular flexibility index (Phi) is 5.12. The molecule has 2 nitrogen and oxygen atoms in total. The molecule has 1 N–H and O–H groups in total. The number of fused-ring (bicyclic) bond motifs is 1. The Morgan fingerprint density at radius 2 is 2.05 bits per heavy atom. The maximum Gasteiger partial charge on any atom is 0.122 e. The third-order valence-corrected chi connectivity index (χ3v) is 4.82. The van der Waals surface area contributed by atoms with Crippen LogP contribution in [-0.2, 0) is 6.42 Å². The largest absolute Gasteiger partial charge is 0.496 e. The van der Waals surface area contributed by atoms with Crippen molar-refractivity contribution < 1.29 is 4.74 Å². The predicted octanol–water partition coefficient (Wildman–Crippen LogP) is 3.30. The molecule has 3 heteroatoms. The van der Waals surface area contributed by atoms with Gasteiger partial charge in [-0.25, -0.2) is 0 Å². The molecule has 1 heterocycles. The highest BCUT2D eigenvalue weighted by Gasteiger charge is 2.36. The normalized spacial score (nSPS) is 29.4. The highest BCUT2D eigenvalue weighted by atomic mass is 35.5. The number of halogens is 1. The number of hydrogen-bond donors (Lipinski definition) is 1. The maximum atomic E-state index is 5.48. The van der Waals surface area contributed by atoms with Crippen molar-refractivity contribution in [1.82, 2.24) is 5.32 Å². The topological polar surface area (TPSA) is 21.3 Å². The molecule has 19 heavy (non-hydrogen) atoms. The smallest absolute Gasteiger partial charge is 0.122 e. The quantitative estimate of drug-likeness (QED) is 0.918. The molecule has 3 rings (SSSR count). The minimum Gasteiger partial charge on any atom is -0.496 e. The van der Waals surface area contributed by atoms with Crippen LogP contribution in [0.4, 0.5) is 0 Å². The fourth-order valence-corrected chi connectivity index (χ4v) is 3.88. The summed E-state index contributed by atoms with van der Waals surface area (Å²) in [6.45, 7) is 2.47. The van der Waals surface area contributed by atoms with Gasteiger partial charge >= 0.3 is 0 Å². The zero-order valence-electron chi connectivity index (χ0n) is 11.6. The van der Waals surface area contributed by atoms with Gasteiger partial charge in [-0.1, -0.05) is 24.6 Å². The molecule has 2 fully saturated rings. The molecule has 106 valence electrons. The zero-order valence-corrected chi connectivity index (χ0v) is 12.4. The van der Waals surface area contributed by atoms with Crippen LogP contribution < -0.4 is 10.1 Å². The van der Waals surface area contributed by atoms with Crippen LogP contribution in [0.15, 0.2) is 24.3 Å². The Labute approximate surface area is 122 Å². The van der Waals surface area contributed by atoms with Gasteiger partial charge < -0.3 is 10.1 Å². The molecule has 3 unspecified atom stereocenters. The fourth-order valence-electron chi connectivity index (χ4n) is 3.88. The average Bonchev–Trinajstić information content (AvgIpc) is 2.89. The van der Waals surface area contributed by atoms with Gasteiger partial charge in [0.25, 0.3) is 0 Å². The second kappa shape index (κ2) is 6.62. The minimum absolute atomic E-state index is 0. The van der Waals surface area contributed by atoms with Crippen LogP contribution in [0, 0.1) is 17.8 Å². The van der Waals surface area contributed by atoms with Crippen LogP contribution in [0.25, 0.3) is 0 Å². The van der Waals surface area contributed by atoms with Crippen LogP contribution in [0.5, 0.6) is 5.75 Å². The molecule has 0 bridgehead atoms. The van der Waals surface area contributed by atoms with Crippen LogP contribution in [0.2, 0.25) is 0 Å². The third kappa shape index (κ3) is 3.06. The van der Waals surface area contributed by atoms with Crippen LogP contribution in [-0.4, -0.2) is 20.2 Å².